The number of nitrogens with zero attached hydrogens (tertiary/aromatic N) is 1. The fourth-order valence-corrected chi connectivity index (χ4v) is 1.86. The molecule has 0 heterocycles. The number of hydrogen-bond acceptors (Lipinski definition) is 3. The minimum Gasteiger partial charge on any atom is -0.330 e. The molecule has 1 atom stereocenters. The molecular weight excluding hydrogens is 182 g/mol. The fourth-order valence-electron chi connectivity index (χ4n) is 1.86. The van der Waals surface area contributed by atoms with Crippen molar-refractivity contribution < 1.29 is 10.0 Å². The highest BCUT2D eigenvalue weighted by Crippen LogP contribution is 2.28. The molecule has 4 heteroatoms. The number of rotatable bonds is 1. The molecule has 0 fully saturated rings. The van der Waals surface area contributed by atoms with Crippen LogP contribution in [0.3, 0.4) is 0 Å². The lowest BCUT2D eigenvalue weighted by molar-refractivity contribution is -0.626. The Morgan fingerprint density at radius 1 is 1.36 bits per heavy atom. The van der Waals surface area contributed by atoms with Gasteiger partial charge in [0.2, 0.25) is 0 Å². The van der Waals surface area contributed by atoms with Gasteiger partial charge < -0.3 is 5.11 Å². The Kier molecular flexibility index (Phi) is 2.00. The molecule has 14 heavy (non-hydrogen) atoms. The fraction of sp³-hybridized carbons (Fsp3) is 0.400. The van der Waals surface area contributed by atoms with Gasteiger partial charge >= 0.3 is 5.72 Å². The third-order valence-corrected chi connectivity index (χ3v) is 2.73. The van der Waals surface area contributed by atoms with Gasteiger partial charge in [-0.25, -0.2) is 0 Å². The minimum absolute atomic E-state index is 0.121. The Morgan fingerprint density at radius 3 is 2.64 bits per heavy atom. The molecule has 0 aromatic heterocycles. The lowest BCUT2D eigenvalue weighted by Gasteiger charge is -2.25. The summed E-state index contributed by atoms with van der Waals surface area (Å²) in [4.78, 5) is 10.1. The van der Waals surface area contributed by atoms with Crippen molar-refractivity contribution in [3.8, 4) is 0 Å². The second kappa shape index (κ2) is 3.06. The molecular formula is C10H11NO3. The van der Waals surface area contributed by atoms with E-state index >= 15 is 0 Å². The largest absolute Gasteiger partial charge is 0.330 e. The van der Waals surface area contributed by atoms with Crippen molar-refractivity contribution in [3.05, 3.63) is 45.5 Å². The maximum Gasteiger partial charge on any atom is 0.326 e. The first-order valence-corrected chi connectivity index (χ1v) is 4.55. The summed E-state index contributed by atoms with van der Waals surface area (Å²) in [5.41, 5.74) is 0.242. The lowest BCUT2D eigenvalue weighted by Crippen LogP contribution is -2.43. The van der Waals surface area contributed by atoms with Gasteiger partial charge in [-0.15, -0.1) is 0 Å². The van der Waals surface area contributed by atoms with Crippen LogP contribution in [0.1, 0.15) is 17.5 Å². The number of nitro groups is 1. The summed E-state index contributed by atoms with van der Waals surface area (Å²) < 4.78 is 0. The molecule has 1 aliphatic carbocycles. The average Bonchev–Trinajstić information content (AvgIpc) is 2.17. The zero-order valence-corrected chi connectivity index (χ0v) is 7.64. The Balaban J connectivity index is 2.34. The number of aryl methyl sites for hydroxylation is 1. The molecule has 1 unspecified atom stereocenters. The van der Waals surface area contributed by atoms with E-state index in [1.54, 1.807) is 0 Å². The molecule has 2 rings (SSSR count). The highest BCUT2D eigenvalue weighted by atomic mass is 16.7. The molecule has 0 aliphatic heterocycles. The van der Waals surface area contributed by atoms with E-state index in [0.29, 0.717) is 6.42 Å². The number of fused-ring (bicyclic) bond motifs is 1. The minimum atomic E-state index is -1.76. The van der Waals surface area contributed by atoms with Crippen LogP contribution in [0.5, 0.6) is 0 Å². The average molecular weight is 193 g/mol. The van der Waals surface area contributed by atoms with E-state index in [0.717, 1.165) is 11.1 Å². The van der Waals surface area contributed by atoms with E-state index in [9.17, 15) is 15.2 Å². The summed E-state index contributed by atoms with van der Waals surface area (Å²) in [7, 11) is 0. The first-order valence-electron chi connectivity index (χ1n) is 4.55. The standard InChI is InChI=1S/C10H11NO3/c12-10(11(13)14)6-5-8-3-1-2-4-9(8)7-10/h1-4,12H,5-7H2. The van der Waals surface area contributed by atoms with Gasteiger partial charge in [-0.3, -0.25) is 10.1 Å². The number of aliphatic hydroxyl groups is 1. The molecule has 1 aliphatic rings. The van der Waals surface area contributed by atoms with E-state index in [4.69, 9.17) is 0 Å². The number of hydrogen-bond donors (Lipinski definition) is 1. The Morgan fingerprint density at radius 2 is 2.00 bits per heavy atom. The van der Waals surface area contributed by atoms with Gasteiger partial charge in [0.05, 0.1) is 11.3 Å². The summed E-state index contributed by atoms with van der Waals surface area (Å²) in [6.07, 6.45) is 0.904. The van der Waals surface area contributed by atoms with Crippen molar-refractivity contribution in [3.63, 3.8) is 0 Å². The van der Waals surface area contributed by atoms with Crippen LogP contribution in [-0.2, 0) is 12.8 Å². The maximum absolute atomic E-state index is 10.6. The van der Waals surface area contributed by atoms with Crippen LogP contribution in [0, 0.1) is 10.1 Å². The smallest absolute Gasteiger partial charge is 0.326 e. The molecule has 0 spiro atoms. The van der Waals surface area contributed by atoms with Gasteiger partial charge in [-0.05, 0) is 17.5 Å². The maximum atomic E-state index is 10.6. The third kappa shape index (κ3) is 1.37. The Bertz CT molecular complexity index is 377. The van der Waals surface area contributed by atoms with Crippen LogP contribution in [0.4, 0.5) is 0 Å². The van der Waals surface area contributed by atoms with Gasteiger partial charge in [0, 0.05) is 6.42 Å². The first kappa shape index (κ1) is 9.15. The molecule has 1 aromatic carbocycles. The number of benzene rings is 1. The van der Waals surface area contributed by atoms with Crippen molar-refractivity contribution in [1.29, 1.82) is 0 Å². The van der Waals surface area contributed by atoms with Crippen LogP contribution in [0.15, 0.2) is 24.3 Å². The highest BCUT2D eigenvalue weighted by molar-refractivity contribution is 5.30. The zero-order valence-electron chi connectivity index (χ0n) is 7.64. The molecule has 0 saturated carbocycles. The molecule has 0 radical (unpaired) electrons. The quantitative estimate of drug-likeness (QED) is 0.413. The third-order valence-electron chi connectivity index (χ3n) is 2.73. The second-order valence-electron chi connectivity index (χ2n) is 3.69. The predicted octanol–water partition coefficient (Wildman–Crippen LogP) is 1.14. The van der Waals surface area contributed by atoms with Gasteiger partial charge in [0.15, 0.2) is 0 Å². The van der Waals surface area contributed by atoms with Gasteiger partial charge in [-0.1, -0.05) is 24.3 Å². The molecule has 0 bridgehead atoms. The topological polar surface area (TPSA) is 63.4 Å². The van der Waals surface area contributed by atoms with Crippen molar-refractivity contribution in [1.82, 2.24) is 0 Å². The molecule has 1 N–H and O–H groups in total. The van der Waals surface area contributed by atoms with Crippen molar-refractivity contribution in [2.75, 3.05) is 0 Å². The molecule has 74 valence electrons. The summed E-state index contributed by atoms with van der Waals surface area (Å²) in [6.45, 7) is 0. The Hall–Kier alpha value is -1.42. The molecule has 0 saturated heterocycles. The summed E-state index contributed by atoms with van der Waals surface area (Å²) in [5, 5.41) is 20.3. The second-order valence-corrected chi connectivity index (χ2v) is 3.69. The highest BCUT2D eigenvalue weighted by Gasteiger charge is 2.43. The van der Waals surface area contributed by atoms with Gasteiger partial charge in [-0.2, -0.15) is 0 Å². The summed E-state index contributed by atoms with van der Waals surface area (Å²) in [5.74, 6) is 0. The Labute approximate surface area is 81.3 Å². The normalized spacial score (nSPS) is 25.5. The monoisotopic (exact) mass is 193 g/mol. The first-order chi connectivity index (χ1) is 6.62. The SMILES string of the molecule is O=[N+]([O-])C1(O)CCc2ccccc2C1. The van der Waals surface area contributed by atoms with E-state index in [-0.39, 0.29) is 12.8 Å². The van der Waals surface area contributed by atoms with E-state index in [1.165, 1.54) is 0 Å². The summed E-state index contributed by atoms with van der Waals surface area (Å²) >= 11 is 0. The van der Waals surface area contributed by atoms with Crippen LogP contribution in [0.2, 0.25) is 0 Å². The van der Waals surface area contributed by atoms with Crippen LogP contribution < -0.4 is 0 Å². The molecule has 1 aromatic rings. The lowest BCUT2D eigenvalue weighted by atomic mass is 9.86. The zero-order chi connectivity index (χ0) is 10.2. The van der Waals surface area contributed by atoms with Crippen LogP contribution in [-0.4, -0.2) is 15.8 Å². The summed E-state index contributed by atoms with van der Waals surface area (Å²) in [6, 6.07) is 7.54. The van der Waals surface area contributed by atoms with Crippen LogP contribution in [0.25, 0.3) is 0 Å². The van der Waals surface area contributed by atoms with E-state index in [1.807, 2.05) is 24.3 Å². The van der Waals surface area contributed by atoms with Crippen molar-refractivity contribution in [2.45, 2.75) is 25.0 Å². The molecule has 0 amide bonds. The van der Waals surface area contributed by atoms with Crippen molar-refractivity contribution in [2.24, 2.45) is 0 Å². The molecule has 4 nitrogen and oxygen atoms in total. The van der Waals surface area contributed by atoms with Crippen LogP contribution >= 0.6 is 0 Å². The predicted molar refractivity (Wildman–Crippen MR) is 50.4 cm³/mol. The van der Waals surface area contributed by atoms with E-state index in [2.05, 4.69) is 0 Å². The van der Waals surface area contributed by atoms with Crippen molar-refractivity contribution >= 4 is 0 Å². The van der Waals surface area contributed by atoms with Gasteiger partial charge in [0.1, 0.15) is 0 Å². The van der Waals surface area contributed by atoms with E-state index < -0.39 is 10.6 Å². The van der Waals surface area contributed by atoms with Gasteiger partial charge in [0.25, 0.3) is 0 Å².